The number of benzene rings is 3. The van der Waals surface area contributed by atoms with Crippen LogP contribution < -0.4 is 19.1 Å². The zero-order valence-electron chi connectivity index (χ0n) is 24.8. The molecule has 0 bridgehead atoms. The van der Waals surface area contributed by atoms with E-state index < -0.39 is 34.3 Å². The number of nitrogens with one attached hydrogen (secondary N) is 1. The first-order valence-corrected chi connectivity index (χ1v) is 15.0. The SMILES string of the molecule is CC[C@@H](C)NC(=O)[C@H](C)N(Cc1ccc(F)cc1)C(=O)CN(c1ccc(OC)c(OC)c1)S(=O)(=O)c1ccc(C)cc1. The maximum atomic E-state index is 14.0. The first kappa shape index (κ1) is 32.4. The van der Waals surface area contributed by atoms with E-state index in [0.717, 1.165) is 9.87 Å². The van der Waals surface area contributed by atoms with Gasteiger partial charge in [-0.05, 0) is 69.2 Å². The first-order valence-electron chi connectivity index (χ1n) is 13.6. The van der Waals surface area contributed by atoms with Crippen molar-refractivity contribution in [2.45, 2.75) is 57.6 Å². The second kappa shape index (κ2) is 14.2. The van der Waals surface area contributed by atoms with Crippen molar-refractivity contribution < 1.29 is 31.9 Å². The summed E-state index contributed by atoms with van der Waals surface area (Å²) in [5.41, 5.74) is 1.61. The Balaban J connectivity index is 2.08. The number of nitrogens with zero attached hydrogens (tertiary/aromatic N) is 2. The summed E-state index contributed by atoms with van der Waals surface area (Å²) in [5, 5.41) is 2.88. The molecular weight excluding hydrogens is 561 g/mol. The maximum Gasteiger partial charge on any atom is 0.264 e. The van der Waals surface area contributed by atoms with Crippen LogP contribution >= 0.6 is 0 Å². The molecule has 9 nitrogen and oxygen atoms in total. The molecule has 0 fully saturated rings. The molecule has 0 aromatic heterocycles. The third-order valence-electron chi connectivity index (χ3n) is 6.98. The van der Waals surface area contributed by atoms with Crippen LogP contribution in [-0.4, -0.2) is 58.0 Å². The number of carbonyl (C=O) groups excluding carboxylic acids is 2. The fourth-order valence-corrected chi connectivity index (χ4v) is 5.59. The van der Waals surface area contributed by atoms with Crippen molar-refractivity contribution in [2.75, 3.05) is 25.1 Å². The molecule has 0 aliphatic carbocycles. The first-order chi connectivity index (χ1) is 19.9. The number of anilines is 1. The van der Waals surface area contributed by atoms with Crippen molar-refractivity contribution in [3.63, 3.8) is 0 Å². The Morgan fingerprint density at radius 2 is 1.55 bits per heavy atom. The Morgan fingerprint density at radius 1 is 0.929 bits per heavy atom. The largest absolute Gasteiger partial charge is 0.493 e. The van der Waals surface area contributed by atoms with Gasteiger partial charge in [-0.25, -0.2) is 12.8 Å². The second-order valence-electron chi connectivity index (χ2n) is 10.0. The zero-order valence-corrected chi connectivity index (χ0v) is 25.6. The minimum absolute atomic E-state index is 0.0108. The Labute approximate surface area is 247 Å². The van der Waals surface area contributed by atoms with Gasteiger partial charge in [0.05, 0.1) is 24.8 Å². The minimum atomic E-state index is -4.25. The Kier molecular flexibility index (Phi) is 10.9. The molecule has 0 aliphatic rings. The fourth-order valence-electron chi connectivity index (χ4n) is 4.18. The average molecular weight is 600 g/mol. The van der Waals surface area contributed by atoms with Gasteiger partial charge in [0.15, 0.2) is 11.5 Å². The Morgan fingerprint density at radius 3 is 2.12 bits per heavy atom. The number of halogens is 1. The molecule has 3 aromatic rings. The lowest BCUT2D eigenvalue weighted by Crippen LogP contribution is -2.52. The van der Waals surface area contributed by atoms with Crippen LogP contribution in [0.2, 0.25) is 0 Å². The van der Waals surface area contributed by atoms with Gasteiger partial charge < -0.3 is 19.7 Å². The van der Waals surface area contributed by atoms with Crippen LogP contribution in [0.4, 0.5) is 10.1 Å². The molecule has 2 atom stereocenters. The highest BCUT2D eigenvalue weighted by molar-refractivity contribution is 7.92. The molecule has 3 aromatic carbocycles. The average Bonchev–Trinajstić information content (AvgIpc) is 2.98. The Hall–Kier alpha value is -4.12. The predicted octanol–water partition coefficient (Wildman–Crippen LogP) is 4.68. The highest BCUT2D eigenvalue weighted by Crippen LogP contribution is 2.34. The number of methoxy groups -OCH3 is 2. The molecule has 2 amide bonds. The number of carbonyl (C=O) groups is 2. The van der Waals surface area contributed by atoms with Gasteiger partial charge in [0, 0.05) is 18.7 Å². The van der Waals surface area contributed by atoms with E-state index in [1.165, 1.54) is 67.7 Å². The summed E-state index contributed by atoms with van der Waals surface area (Å²) in [6.45, 7) is 6.53. The summed E-state index contributed by atoms with van der Waals surface area (Å²) in [7, 11) is -1.37. The lowest BCUT2D eigenvalue weighted by molar-refractivity contribution is -0.139. The lowest BCUT2D eigenvalue weighted by atomic mass is 10.1. The normalized spacial score (nSPS) is 12.6. The van der Waals surface area contributed by atoms with E-state index in [9.17, 15) is 22.4 Å². The van der Waals surface area contributed by atoms with Gasteiger partial charge in [-0.2, -0.15) is 0 Å². The number of aryl methyl sites for hydroxylation is 1. The van der Waals surface area contributed by atoms with Crippen LogP contribution in [0.1, 0.15) is 38.3 Å². The molecule has 0 spiro atoms. The summed E-state index contributed by atoms with van der Waals surface area (Å²) >= 11 is 0. The van der Waals surface area contributed by atoms with Crippen molar-refractivity contribution >= 4 is 27.5 Å². The van der Waals surface area contributed by atoms with Crippen molar-refractivity contribution in [1.29, 1.82) is 0 Å². The van der Waals surface area contributed by atoms with Crippen LogP contribution in [0.3, 0.4) is 0 Å². The predicted molar refractivity (Wildman–Crippen MR) is 160 cm³/mol. The van der Waals surface area contributed by atoms with E-state index in [2.05, 4.69) is 5.32 Å². The van der Waals surface area contributed by atoms with Gasteiger partial charge in [-0.1, -0.05) is 36.8 Å². The van der Waals surface area contributed by atoms with Gasteiger partial charge in [0.1, 0.15) is 18.4 Å². The molecular formula is C31H38FN3O6S. The minimum Gasteiger partial charge on any atom is -0.493 e. The molecule has 0 aliphatic heterocycles. The van der Waals surface area contributed by atoms with E-state index in [1.54, 1.807) is 25.1 Å². The van der Waals surface area contributed by atoms with Crippen LogP contribution in [-0.2, 0) is 26.2 Å². The quantitative estimate of drug-likeness (QED) is 0.306. The lowest BCUT2D eigenvalue weighted by Gasteiger charge is -2.32. The third kappa shape index (κ3) is 7.79. The van der Waals surface area contributed by atoms with Gasteiger partial charge in [-0.15, -0.1) is 0 Å². The smallest absolute Gasteiger partial charge is 0.264 e. The molecule has 0 heterocycles. The Bertz CT molecular complexity index is 1480. The highest BCUT2D eigenvalue weighted by atomic mass is 32.2. The molecule has 42 heavy (non-hydrogen) atoms. The number of rotatable bonds is 13. The van der Waals surface area contributed by atoms with Crippen molar-refractivity contribution in [1.82, 2.24) is 10.2 Å². The number of hydrogen-bond donors (Lipinski definition) is 1. The fraction of sp³-hybridized carbons (Fsp3) is 0.355. The standard InChI is InChI=1S/C31H38FN3O6S/c1-7-22(3)33-31(37)23(4)34(19-24-10-12-25(32)13-11-24)30(36)20-35(26-14-17-28(40-5)29(18-26)41-6)42(38,39)27-15-8-21(2)9-16-27/h8-18,22-23H,7,19-20H2,1-6H3,(H,33,37)/t22-,23+/m1/s1. The van der Waals surface area contributed by atoms with Crippen molar-refractivity contribution in [3.05, 3.63) is 83.7 Å². The summed E-state index contributed by atoms with van der Waals surface area (Å²) in [4.78, 5) is 28.4. The van der Waals surface area contributed by atoms with Gasteiger partial charge in [0.2, 0.25) is 11.8 Å². The molecule has 226 valence electrons. The van der Waals surface area contributed by atoms with E-state index in [0.29, 0.717) is 17.7 Å². The monoisotopic (exact) mass is 599 g/mol. The van der Waals surface area contributed by atoms with E-state index in [1.807, 2.05) is 20.8 Å². The maximum absolute atomic E-state index is 14.0. The van der Waals surface area contributed by atoms with Crippen LogP contribution in [0.25, 0.3) is 0 Å². The molecule has 0 saturated carbocycles. The molecule has 1 N–H and O–H groups in total. The number of amides is 2. The summed E-state index contributed by atoms with van der Waals surface area (Å²) in [6, 6.07) is 15.3. The number of ether oxygens (including phenoxy) is 2. The number of hydrogen-bond acceptors (Lipinski definition) is 6. The van der Waals surface area contributed by atoms with Crippen LogP contribution in [0.15, 0.2) is 71.6 Å². The van der Waals surface area contributed by atoms with Gasteiger partial charge in [-0.3, -0.25) is 13.9 Å². The van der Waals surface area contributed by atoms with E-state index in [-0.39, 0.29) is 34.8 Å². The molecule has 11 heteroatoms. The molecule has 0 unspecified atom stereocenters. The second-order valence-corrected chi connectivity index (χ2v) is 11.9. The van der Waals surface area contributed by atoms with Crippen molar-refractivity contribution in [2.24, 2.45) is 0 Å². The topological polar surface area (TPSA) is 105 Å². The zero-order chi connectivity index (χ0) is 31.0. The van der Waals surface area contributed by atoms with Crippen molar-refractivity contribution in [3.8, 4) is 11.5 Å². The summed E-state index contributed by atoms with van der Waals surface area (Å²) < 4.78 is 53.3. The van der Waals surface area contributed by atoms with Crippen LogP contribution in [0.5, 0.6) is 11.5 Å². The highest BCUT2D eigenvalue weighted by Gasteiger charge is 2.33. The molecule has 3 rings (SSSR count). The van der Waals surface area contributed by atoms with Gasteiger partial charge >= 0.3 is 0 Å². The van der Waals surface area contributed by atoms with Crippen LogP contribution in [0, 0.1) is 12.7 Å². The molecule has 0 saturated heterocycles. The summed E-state index contributed by atoms with van der Waals surface area (Å²) in [5.74, 6) is -0.803. The van der Waals surface area contributed by atoms with Gasteiger partial charge in [0.25, 0.3) is 10.0 Å². The van der Waals surface area contributed by atoms with E-state index >= 15 is 0 Å². The third-order valence-corrected chi connectivity index (χ3v) is 8.77. The number of sulfonamides is 1. The van der Waals surface area contributed by atoms with E-state index in [4.69, 9.17) is 9.47 Å². The molecule has 0 radical (unpaired) electrons. The summed E-state index contributed by atoms with van der Waals surface area (Å²) in [6.07, 6.45) is 0.687.